The van der Waals surface area contributed by atoms with Crippen LogP contribution in [-0.4, -0.2) is 6.54 Å². The van der Waals surface area contributed by atoms with Crippen LogP contribution in [0.1, 0.15) is 32.3 Å². The number of rotatable bonds is 4. The van der Waals surface area contributed by atoms with E-state index < -0.39 is 0 Å². The third kappa shape index (κ3) is 2.28. The first-order valence-corrected chi connectivity index (χ1v) is 5.55. The first-order valence-electron chi connectivity index (χ1n) is 5.55. The highest BCUT2D eigenvalue weighted by atomic mass is 14.9. The van der Waals surface area contributed by atoms with Gasteiger partial charge < -0.3 is 5.32 Å². The Bertz CT molecular complexity index is 313. The van der Waals surface area contributed by atoms with E-state index in [0.717, 1.165) is 13.0 Å². The Morgan fingerprint density at radius 3 is 2.79 bits per heavy atom. The molecule has 1 aliphatic rings. The summed E-state index contributed by atoms with van der Waals surface area (Å²) in [4.78, 5) is 0. The molecule has 1 saturated carbocycles. The van der Waals surface area contributed by atoms with Crippen LogP contribution in [0.4, 0.5) is 5.69 Å². The summed E-state index contributed by atoms with van der Waals surface area (Å²) in [5.41, 5.74) is 3.27. The lowest BCUT2D eigenvalue weighted by atomic mass is 10.1. The predicted octanol–water partition coefficient (Wildman–Crippen LogP) is 3.46. The molecule has 0 radical (unpaired) electrons. The number of hydrogen-bond acceptors (Lipinski definition) is 1. The van der Waals surface area contributed by atoms with Crippen molar-refractivity contribution in [3.8, 4) is 0 Å². The van der Waals surface area contributed by atoms with Gasteiger partial charge in [0.25, 0.3) is 0 Å². The molecule has 2 rings (SSSR count). The topological polar surface area (TPSA) is 12.0 Å². The molecule has 0 unspecified atom stereocenters. The molecule has 76 valence electrons. The molecular formula is C13H19N. The number of anilines is 1. The second-order valence-corrected chi connectivity index (χ2v) is 4.72. The number of hydrogen-bond donors (Lipinski definition) is 1. The SMILES string of the molecule is CCc1cccc(NCC2(C)CC2)c1. The molecule has 0 aliphatic heterocycles. The van der Waals surface area contributed by atoms with Gasteiger partial charge in [0.1, 0.15) is 0 Å². The molecule has 1 aromatic carbocycles. The van der Waals surface area contributed by atoms with E-state index in [2.05, 4.69) is 43.4 Å². The summed E-state index contributed by atoms with van der Waals surface area (Å²) in [6.45, 7) is 5.67. The molecule has 0 amide bonds. The molecule has 0 saturated heterocycles. The minimum Gasteiger partial charge on any atom is -0.384 e. The van der Waals surface area contributed by atoms with Crippen molar-refractivity contribution in [3.63, 3.8) is 0 Å². The van der Waals surface area contributed by atoms with Crippen molar-refractivity contribution in [3.05, 3.63) is 29.8 Å². The Labute approximate surface area is 86.5 Å². The molecule has 1 heteroatoms. The fourth-order valence-electron chi connectivity index (χ4n) is 1.61. The van der Waals surface area contributed by atoms with Gasteiger partial charge in [-0.3, -0.25) is 0 Å². The van der Waals surface area contributed by atoms with Crippen molar-refractivity contribution in [1.82, 2.24) is 0 Å². The van der Waals surface area contributed by atoms with E-state index in [1.54, 1.807) is 0 Å². The molecule has 1 aliphatic carbocycles. The number of aryl methyl sites for hydroxylation is 1. The van der Waals surface area contributed by atoms with Crippen LogP contribution >= 0.6 is 0 Å². The molecule has 1 N–H and O–H groups in total. The fraction of sp³-hybridized carbons (Fsp3) is 0.538. The minimum atomic E-state index is 0.586. The van der Waals surface area contributed by atoms with Crippen molar-refractivity contribution >= 4 is 5.69 Å². The molecule has 0 heterocycles. The molecular weight excluding hydrogens is 170 g/mol. The standard InChI is InChI=1S/C13H19N/c1-3-11-5-4-6-12(9-11)14-10-13(2)7-8-13/h4-6,9,14H,3,7-8,10H2,1-2H3. The summed E-state index contributed by atoms with van der Waals surface area (Å²) in [6.07, 6.45) is 3.88. The van der Waals surface area contributed by atoms with Crippen LogP contribution in [0.25, 0.3) is 0 Å². The first kappa shape index (κ1) is 9.57. The van der Waals surface area contributed by atoms with Gasteiger partial charge in [-0.15, -0.1) is 0 Å². The minimum absolute atomic E-state index is 0.586. The van der Waals surface area contributed by atoms with E-state index in [1.807, 2.05) is 0 Å². The Hall–Kier alpha value is -0.980. The van der Waals surface area contributed by atoms with E-state index in [9.17, 15) is 0 Å². The smallest absolute Gasteiger partial charge is 0.0343 e. The average Bonchev–Trinajstić information content (AvgIpc) is 2.95. The Balaban J connectivity index is 1.94. The van der Waals surface area contributed by atoms with Crippen molar-refractivity contribution in [2.45, 2.75) is 33.1 Å². The average molecular weight is 189 g/mol. The van der Waals surface area contributed by atoms with Gasteiger partial charge in [-0.1, -0.05) is 26.0 Å². The Morgan fingerprint density at radius 2 is 2.14 bits per heavy atom. The zero-order valence-corrected chi connectivity index (χ0v) is 9.14. The van der Waals surface area contributed by atoms with Crippen LogP contribution < -0.4 is 5.32 Å². The van der Waals surface area contributed by atoms with Gasteiger partial charge in [-0.2, -0.15) is 0 Å². The molecule has 0 atom stereocenters. The van der Waals surface area contributed by atoms with Crippen LogP contribution in [0.2, 0.25) is 0 Å². The summed E-state index contributed by atoms with van der Waals surface area (Å²) in [5.74, 6) is 0. The maximum Gasteiger partial charge on any atom is 0.0343 e. The number of nitrogens with one attached hydrogen (secondary N) is 1. The van der Waals surface area contributed by atoms with Gasteiger partial charge in [0.15, 0.2) is 0 Å². The zero-order valence-electron chi connectivity index (χ0n) is 9.14. The highest BCUT2D eigenvalue weighted by molar-refractivity contribution is 5.46. The van der Waals surface area contributed by atoms with Crippen molar-refractivity contribution in [2.24, 2.45) is 5.41 Å². The van der Waals surface area contributed by atoms with E-state index >= 15 is 0 Å². The highest BCUT2D eigenvalue weighted by Gasteiger charge is 2.36. The summed E-state index contributed by atoms with van der Waals surface area (Å²) in [7, 11) is 0. The quantitative estimate of drug-likeness (QED) is 0.764. The van der Waals surface area contributed by atoms with E-state index in [1.165, 1.54) is 24.1 Å². The molecule has 1 aromatic rings. The summed E-state index contributed by atoms with van der Waals surface area (Å²) >= 11 is 0. The summed E-state index contributed by atoms with van der Waals surface area (Å²) in [5, 5.41) is 3.52. The number of benzene rings is 1. The zero-order chi connectivity index (χ0) is 10.0. The monoisotopic (exact) mass is 189 g/mol. The van der Waals surface area contributed by atoms with Crippen LogP contribution in [0.3, 0.4) is 0 Å². The van der Waals surface area contributed by atoms with Crippen LogP contribution in [0.15, 0.2) is 24.3 Å². The molecule has 0 aromatic heterocycles. The lowest BCUT2D eigenvalue weighted by Gasteiger charge is -2.11. The second kappa shape index (κ2) is 3.64. The summed E-state index contributed by atoms with van der Waals surface area (Å²) < 4.78 is 0. The van der Waals surface area contributed by atoms with E-state index in [4.69, 9.17) is 0 Å². The van der Waals surface area contributed by atoms with Gasteiger partial charge in [-0.05, 0) is 42.4 Å². The molecule has 1 fully saturated rings. The van der Waals surface area contributed by atoms with Gasteiger partial charge in [0.2, 0.25) is 0 Å². The summed E-state index contributed by atoms with van der Waals surface area (Å²) in [6, 6.07) is 8.73. The third-order valence-corrected chi connectivity index (χ3v) is 3.16. The molecule has 14 heavy (non-hydrogen) atoms. The van der Waals surface area contributed by atoms with Crippen molar-refractivity contribution < 1.29 is 0 Å². The fourth-order valence-corrected chi connectivity index (χ4v) is 1.61. The van der Waals surface area contributed by atoms with Crippen LogP contribution in [0, 0.1) is 5.41 Å². The van der Waals surface area contributed by atoms with E-state index in [-0.39, 0.29) is 0 Å². The largest absolute Gasteiger partial charge is 0.384 e. The molecule has 0 bridgehead atoms. The maximum atomic E-state index is 3.52. The van der Waals surface area contributed by atoms with Crippen LogP contribution in [-0.2, 0) is 6.42 Å². The van der Waals surface area contributed by atoms with E-state index in [0.29, 0.717) is 5.41 Å². The van der Waals surface area contributed by atoms with Gasteiger partial charge >= 0.3 is 0 Å². The maximum absolute atomic E-state index is 3.52. The first-order chi connectivity index (χ1) is 6.72. The third-order valence-electron chi connectivity index (χ3n) is 3.16. The van der Waals surface area contributed by atoms with Crippen molar-refractivity contribution in [2.75, 3.05) is 11.9 Å². The van der Waals surface area contributed by atoms with Gasteiger partial charge in [0.05, 0.1) is 0 Å². The van der Waals surface area contributed by atoms with Gasteiger partial charge in [0, 0.05) is 12.2 Å². The van der Waals surface area contributed by atoms with Gasteiger partial charge in [-0.25, -0.2) is 0 Å². The lowest BCUT2D eigenvalue weighted by Crippen LogP contribution is -2.11. The second-order valence-electron chi connectivity index (χ2n) is 4.72. The molecule has 0 spiro atoms. The normalized spacial score (nSPS) is 17.9. The highest BCUT2D eigenvalue weighted by Crippen LogP contribution is 2.44. The Kier molecular flexibility index (Phi) is 2.49. The molecule has 1 nitrogen and oxygen atoms in total. The van der Waals surface area contributed by atoms with Crippen molar-refractivity contribution in [1.29, 1.82) is 0 Å². The predicted molar refractivity (Wildman–Crippen MR) is 61.7 cm³/mol. The lowest BCUT2D eigenvalue weighted by molar-refractivity contribution is 0.611. The Morgan fingerprint density at radius 1 is 1.36 bits per heavy atom. The van der Waals surface area contributed by atoms with Crippen LogP contribution in [0.5, 0.6) is 0 Å².